The molecule has 104 valence electrons. The number of rotatable bonds is 2. The topological polar surface area (TPSA) is 50.2 Å². The van der Waals surface area contributed by atoms with E-state index in [1.807, 2.05) is 13.0 Å². The molecule has 2 rings (SSSR count). The van der Waals surface area contributed by atoms with Crippen LogP contribution in [0.25, 0.3) is 11.1 Å². The van der Waals surface area contributed by atoms with E-state index in [0.29, 0.717) is 0 Å². The summed E-state index contributed by atoms with van der Waals surface area (Å²) >= 11 is 0. The number of pyridine rings is 1. The third kappa shape index (κ3) is 2.72. The summed E-state index contributed by atoms with van der Waals surface area (Å²) < 4.78 is 0. The molecule has 1 heterocycles. The van der Waals surface area contributed by atoms with Gasteiger partial charge in [0.05, 0.1) is 5.56 Å². The van der Waals surface area contributed by atoms with Crippen LogP contribution in [-0.4, -0.2) is 16.1 Å². The quantitative estimate of drug-likeness (QED) is 0.894. The van der Waals surface area contributed by atoms with E-state index in [4.69, 9.17) is 0 Å². The Morgan fingerprint density at radius 3 is 2.45 bits per heavy atom. The number of carbonyl (C=O) groups is 1. The Balaban J connectivity index is 2.67. The van der Waals surface area contributed by atoms with Crippen molar-refractivity contribution in [2.24, 2.45) is 0 Å². The molecule has 1 N–H and O–H groups in total. The fourth-order valence-electron chi connectivity index (χ4n) is 2.18. The Labute approximate surface area is 119 Å². The fraction of sp³-hybridized carbons (Fsp3) is 0.294. The lowest BCUT2D eigenvalue weighted by Gasteiger charge is -2.21. The molecule has 0 aliphatic carbocycles. The van der Waals surface area contributed by atoms with Gasteiger partial charge in [-0.15, -0.1) is 0 Å². The maximum absolute atomic E-state index is 11.3. The normalized spacial score (nSPS) is 11.4. The fourth-order valence-corrected chi connectivity index (χ4v) is 2.18. The number of aryl methyl sites for hydroxylation is 1. The van der Waals surface area contributed by atoms with Crippen molar-refractivity contribution in [3.05, 3.63) is 53.3 Å². The highest BCUT2D eigenvalue weighted by Gasteiger charge is 2.18. The minimum absolute atomic E-state index is 0.0267. The molecule has 0 saturated carbocycles. The summed E-state index contributed by atoms with van der Waals surface area (Å²) in [6.07, 6.45) is 3.03. The summed E-state index contributed by atoms with van der Waals surface area (Å²) in [6, 6.07) is 7.98. The summed E-state index contributed by atoms with van der Waals surface area (Å²) in [6.45, 7) is 8.43. The minimum Gasteiger partial charge on any atom is -0.478 e. The number of benzene rings is 1. The van der Waals surface area contributed by atoms with Crippen molar-refractivity contribution in [2.75, 3.05) is 0 Å². The summed E-state index contributed by atoms with van der Waals surface area (Å²) in [7, 11) is 0. The van der Waals surface area contributed by atoms with Crippen LogP contribution in [0.2, 0.25) is 0 Å². The third-order valence-corrected chi connectivity index (χ3v) is 3.45. The van der Waals surface area contributed by atoms with Gasteiger partial charge in [-0.1, -0.05) is 39.0 Å². The van der Waals surface area contributed by atoms with Gasteiger partial charge in [-0.2, -0.15) is 0 Å². The van der Waals surface area contributed by atoms with Crippen molar-refractivity contribution in [3.63, 3.8) is 0 Å². The first-order chi connectivity index (χ1) is 9.30. The van der Waals surface area contributed by atoms with E-state index in [1.54, 1.807) is 12.3 Å². The van der Waals surface area contributed by atoms with Crippen LogP contribution in [0.1, 0.15) is 42.3 Å². The van der Waals surface area contributed by atoms with Crippen LogP contribution in [-0.2, 0) is 5.41 Å². The smallest absolute Gasteiger partial charge is 0.337 e. The third-order valence-electron chi connectivity index (χ3n) is 3.45. The summed E-state index contributed by atoms with van der Waals surface area (Å²) in [4.78, 5) is 15.3. The lowest BCUT2D eigenvalue weighted by Crippen LogP contribution is -2.11. The average molecular weight is 269 g/mol. The van der Waals surface area contributed by atoms with Gasteiger partial charge in [0.1, 0.15) is 0 Å². The second kappa shape index (κ2) is 5.08. The predicted molar refractivity (Wildman–Crippen MR) is 80.1 cm³/mol. The molecular weight excluding hydrogens is 250 g/mol. The van der Waals surface area contributed by atoms with E-state index in [1.165, 1.54) is 11.8 Å². The van der Waals surface area contributed by atoms with E-state index in [0.717, 1.165) is 16.7 Å². The Hall–Kier alpha value is -2.16. The Morgan fingerprint density at radius 1 is 1.15 bits per heavy atom. The van der Waals surface area contributed by atoms with Gasteiger partial charge >= 0.3 is 5.97 Å². The zero-order valence-electron chi connectivity index (χ0n) is 12.3. The van der Waals surface area contributed by atoms with Gasteiger partial charge in [-0.05, 0) is 40.7 Å². The highest BCUT2D eigenvalue weighted by Crippen LogP contribution is 2.31. The largest absolute Gasteiger partial charge is 0.478 e. The number of aromatic nitrogens is 1. The van der Waals surface area contributed by atoms with Gasteiger partial charge in [0.15, 0.2) is 0 Å². The van der Waals surface area contributed by atoms with Gasteiger partial charge in [0.2, 0.25) is 0 Å². The van der Waals surface area contributed by atoms with Crippen molar-refractivity contribution in [1.82, 2.24) is 4.98 Å². The molecule has 1 aromatic carbocycles. The summed E-state index contributed by atoms with van der Waals surface area (Å²) in [5.74, 6) is -0.950. The number of hydrogen-bond acceptors (Lipinski definition) is 2. The highest BCUT2D eigenvalue weighted by atomic mass is 16.4. The van der Waals surface area contributed by atoms with Crippen LogP contribution in [0.15, 0.2) is 36.7 Å². The van der Waals surface area contributed by atoms with E-state index in [2.05, 4.69) is 37.9 Å². The molecule has 0 unspecified atom stereocenters. The molecule has 3 nitrogen and oxygen atoms in total. The molecular formula is C17H19NO2. The molecule has 2 aromatic rings. The molecule has 1 aromatic heterocycles. The Bertz CT molecular complexity index is 654. The van der Waals surface area contributed by atoms with Gasteiger partial charge in [0.25, 0.3) is 0 Å². The predicted octanol–water partition coefficient (Wildman–Crippen LogP) is 4.05. The van der Waals surface area contributed by atoms with Crippen molar-refractivity contribution in [1.29, 1.82) is 0 Å². The molecule has 3 heteroatoms. The van der Waals surface area contributed by atoms with Crippen LogP contribution in [0.5, 0.6) is 0 Å². The first-order valence-corrected chi connectivity index (χ1v) is 6.59. The molecule has 0 radical (unpaired) electrons. The van der Waals surface area contributed by atoms with Gasteiger partial charge in [0, 0.05) is 12.4 Å². The highest BCUT2D eigenvalue weighted by molar-refractivity contribution is 5.96. The van der Waals surface area contributed by atoms with E-state index in [-0.39, 0.29) is 11.0 Å². The zero-order valence-corrected chi connectivity index (χ0v) is 12.3. The first-order valence-electron chi connectivity index (χ1n) is 6.59. The molecule has 0 atom stereocenters. The van der Waals surface area contributed by atoms with Crippen molar-refractivity contribution in [3.8, 4) is 11.1 Å². The monoisotopic (exact) mass is 269 g/mol. The van der Waals surface area contributed by atoms with Crippen LogP contribution in [0.3, 0.4) is 0 Å². The van der Waals surface area contributed by atoms with Crippen molar-refractivity contribution < 1.29 is 9.90 Å². The first kappa shape index (κ1) is 14.3. The van der Waals surface area contributed by atoms with Crippen LogP contribution < -0.4 is 0 Å². The maximum atomic E-state index is 11.3. The number of hydrogen-bond donors (Lipinski definition) is 1. The standard InChI is InChI=1S/C17H19NO2/c1-11-5-6-12(17(2,3)4)9-14(11)13-7-8-18-10-15(13)16(19)20/h5-10H,1-4H3,(H,19,20). The number of carboxylic acids is 1. The van der Waals surface area contributed by atoms with E-state index >= 15 is 0 Å². The average Bonchev–Trinajstić information content (AvgIpc) is 2.38. The van der Waals surface area contributed by atoms with Gasteiger partial charge < -0.3 is 5.11 Å². The number of nitrogens with zero attached hydrogens (tertiary/aromatic N) is 1. The SMILES string of the molecule is Cc1ccc(C(C)(C)C)cc1-c1ccncc1C(=O)O. The second-order valence-corrected chi connectivity index (χ2v) is 6.01. The Kier molecular flexibility index (Phi) is 3.62. The zero-order chi connectivity index (χ0) is 14.9. The lowest BCUT2D eigenvalue weighted by molar-refractivity contribution is 0.0697. The maximum Gasteiger partial charge on any atom is 0.337 e. The Morgan fingerprint density at radius 2 is 1.85 bits per heavy atom. The summed E-state index contributed by atoms with van der Waals surface area (Å²) in [5, 5.41) is 9.31. The summed E-state index contributed by atoms with van der Waals surface area (Å²) in [5.41, 5.74) is 4.19. The van der Waals surface area contributed by atoms with Gasteiger partial charge in [-0.3, -0.25) is 4.98 Å². The molecule has 0 bridgehead atoms. The number of aromatic carboxylic acids is 1. The van der Waals surface area contributed by atoms with Crippen LogP contribution in [0, 0.1) is 6.92 Å². The van der Waals surface area contributed by atoms with Gasteiger partial charge in [-0.25, -0.2) is 4.79 Å². The molecule has 0 aliphatic heterocycles. The molecule has 0 saturated heterocycles. The van der Waals surface area contributed by atoms with E-state index in [9.17, 15) is 9.90 Å². The second-order valence-electron chi connectivity index (χ2n) is 6.01. The number of carboxylic acid groups (broad SMARTS) is 1. The molecule has 20 heavy (non-hydrogen) atoms. The lowest BCUT2D eigenvalue weighted by atomic mass is 9.84. The van der Waals surface area contributed by atoms with E-state index < -0.39 is 5.97 Å². The van der Waals surface area contributed by atoms with Crippen LogP contribution >= 0.6 is 0 Å². The molecule has 0 aliphatic rings. The molecule has 0 fully saturated rings. The van der Waals surface area contributed by atoms with Crippen molar-refractivity contribution in [2.45, 2.75) is 33.1 Å². The minimum atomic E-state index is -0.950. The molecule has 0 spiro atoms. The van der Waals surface area contributed by atoms with Crippen molar-refractivity contribution >= 4 is 5.97 Å². The van der Waals surface area contributed by atoms with Crippen LogP contribution in [0.4, 0.5) is 0 Å². The molecule has 0 amide bonds.